The normalized spacial score (nSPS) is 16.1. The Morgan fingerprint density at radius 2 is 2.10 bits per heavy atom. The van der Waals surface area contributed by atoms with E-state index in [0.29, 0.717) is 9.37 Å². The average molecular weight is 361 g/mol. The lowest BCUT2D eigenvalue weighted by atomic mass is 9.94. The summed E-state index contributed by atoms with van der Waals surface area (Å²) in [6.07, 6.45) is 4.07. The van der Waals surface area contributed by atoms with Gasteiger partial charge in [0.1, 0.15) is 0 Å². The van der Waals surface area contributed by atoms with Crippen molar-refractivity contribution in [3.05, 3.63) is 28.2 Å². The van der Waals surface area contributed by atoms with Crippen molar-refractivity contribution in [1.29, 1.82) is 0 Å². The largest absolute Gasteiger partial charge is 0.313 e. The molecule has 1 aromatic rings. The summed E-state index contributed by atoms with van der Waals surface area (Å²) in [6, 6.07) is 5.52. The molecular weight excluding hydrogens is 340 g/mol. The van der Waals surface area contributed by atoms with E-state index >= 15 is 0 Å². The summed E-state index contributed by atoms with van der Waals surface area (Å²) in [4.78, 5) is 0.323. The van der Waals surface area contributed by atoms with Crippen molar-refractivity contribution in [3.8, 4) is 0 Å². The Bertz CT molecular complexity index is 556. The summed E-state index contributed by atoms with van der Waals surface area (Å²) in [5, 5.41) is 3.30. The zero-order valence-electron chi connectivity index (χ0n) is 11.7. The lowest BCUT2D eigenvalue weighted by molar-refractivity contribution is 0.383. The van der Waals surface area contributed by atoms with Crippen LogP contribution in [0.1, 0.15) is 38.2 Å². The van der Waals surface area contributed by atoms with E-state index in [9.17, 15) is 8.42 Å². The first-order valence-corrected chi connectivity index (χ1v) is 9.32. The average Bonchev–Trinajstić information content (AvgIpc) is 2.34. The first kappa shape index (κ1) is 15.9. The third-order valence-corrected chi connectivity index (χ3v) is 5.97. The lowest BCUT2D eigenvalue weighted by Crippen LogP contribution is -2.39. The first-order chi connectivity index (χ1) is 9.53. The van der Waals surface area contributed by atoms with Gasteiger partial charge in [-0.15, -0.1) is 0 Å². The van der Waals surface area contributed by atoms with Crippen LogP contribution in [0.3, 0.4) is 0 Å². The minimum absolute atomic E-state index is 0.109. The molecule has 112 valence electrons. The first-order valence-electron chi connectivity index (χ1n) is 7.04. The van der Waals surface area contributed by atoms with E-state index in [0.717, 1.165) is 44.3 Å². The van der Waals surface area contributed by atoms with Crippen LogP contribution in [0.5, 0.6) is 0 Å². The maximum absolute atomic E-state index is 12.3. The second-order valence-corrected chi connectivity index (χ2v) is 7.73. The van der Waals surface area contributed by atoms with Crippen molar-refractivity contribution in [2.45, 2.75) is 50.1 Å². The molecule has 0 amide bonds. The standard InChI is InChI=1S/C14H21BrN2O2S/c1-2-8-16-10-11-6-7-14(13(15)9-11)20(18,19)17-12-4-3-5-12/h6-7,9,12,16-17H,2-5,8,10H2,1H3. The predicted octanol–water partition coefficient (Wildman–Crippen LogP) is 2.78. The molecule has 0 aromatic heterocycles. The monoisotopic (exact) mass is 360 g/mol. The summed E-state index contributed by atoms with van der Waals surface area (Å²) in [5.41, 5.74) is 1.08. The highest BCUT2D eigenvalue weighted by Gasteiger charge is 2.26. The highest BCUT2D eigenvalue weighted by atomic mass is 79.9. The predicted molar refractivity (Wildman–Crippen MR) is 84.1 cm³/mol. The van der Waals surface area contributed by atoms with Gasteiger partial charge in [-0.1, -0.05) is 19.4 Å². The molecule has 0 spiro atoms. The van der Waals surface area contributed by atoms with Gasteiger partial charge in [0.05, 0.1) is 4.90 Å². The summed E-state index contributed by atoms with van der Waals surface area (Å²) in [5.74, 6) is 0. The fourth-order valence-corrected chi connectivity index (χ4v) is 4.52. The van der Waals surface area contributed by atoms with Crippen LogP contribution in [0.2, 0.25) is 0 Å². The zero-order valence-corrected chi connectivity index (χ0v) is 14.1. The van der Waals surface area contributed by atoms with Crippen LogP contribution in [-0.4, -0.2) is 21.0 Å². The Hall–Kier alpha value is -0.430. The van der Waals surface area contributed by atoms with Crippen molar-refractivity contribution < 1.29 is 8.42 Å². The zero-order chi connectivity index (χ0) is 14.6. The molecule has 1 aromatic carbocycles. The van der Waals surface area contributed by atoms with Crippen LogP contribution < -0.4 is 10.0 Å². The number of hydrogen-bond donors (Lipinski definition) is 2. The third kappa shape index (κ3) is 4.04. The molecule has 6 heteroatoms. The molecule has 2 rings (SSSR count). The molecule has 0 heterocycles. The van der Waals surface area contributed by atoms with Crippen molar-refractivity contribution in [3.63, 3.8) is 0 Å². The van der Waals surface area contributed by atoms with Gasteiger partial charge >= 0.3 is 0 Å². The van der Waals surface area contributed by atoms with Crippen LogP contribution >= 0.6 is 15.9 Å². The number of nitrogens with one attached hydrogen (secondary N) is 2. The van der Waals surface area contributed by atoms with Gasteiger partial charge < -0.3 is 5.32 Å². The van der Waals surface area contributed by atoms with Gasteiger partial charge in [0, 0.05) is 17.1 Å². The Kier molecular flexibility index (Phi) is 5.60. The Balaban J connectivity index is 2.08. The Morgan fingerprint density at radius 1 is 1.35 bits per heavy atom. The van der Waals surface area contributed by atoms with E-state index in [4.69, 9.17) is 0 Å². The maximum Gasteiger partial charge on any atom is 0.241 e. The van der Waals surface area contributed by atoms with Gasteiger partial charge in [-0.05, 0) is 59.4 Å². The fraction of sp³-hybridized carbons (Fsp3) is 0.571. The SMILES string of the molecule is CCCNCc1ccc(S(=O)(=O)NC2CCC2)c(Br)c1. The van der Waals surface area contributed by atoms with Gasteiger partial charge in [0.25, 0.3) is 0 Å². The summed E-state index contributed by atoms with van der Waals surface area (Å²) in [6.45, 7) is 3.83. The Morgan fingerprint density at radius 3 is 2.65 bits per heavy atom. The van der Waals surface area contributed by atoms with Crippen LogP contribution in [0.15, 0.2) is 27.6 Å². The van der Waals surface area contributed by atoms with E-state index in [1.54, 1.807) is 6.07 Å². The molecule has 0 aliphatic heterocycles. The Labute approximate surface area is 129 Å². The van der Waals surface area contributed by atoms with Crippen LogP contribution in [-0.2, 0) is 16.6 Å². The van der Waals surface area contributed by atoms with Gasteiger partial charge in [-0.25, -0.2) is 13.1 Å². The molecule has 0 bridgehead atoms. The van der Waals surface area contributed by atoms with Gasteiger partial charge in [0.2, 0.25) is 10.0 Å². The highest BCUT2D eigenvalue weighted by Crippen LogP contribution is 2.26. The molecule has 1 aliphatic carbocycles. The number of rotatable bonds is 7. The second-order valence-electron chi connectivity index (χ2n) is 5.19. The quantitative estimate of drug-likeness (QED) is 0.735. The summed E-state index contributed by atoms with van der Waals surface area (Å²) < 4.78 is 27.9. The maximum atomic E-state index is 12.3. The molecule has 2 N–H and O–H groups in total. The molecule has 0 atom stereocenters. The van der Waals surface area contributed by atoms with Crippen molar-refractivity contribution in [2.75, 3.05) is 6.54 Å². The molecule has 0 unspecified atom stereocenters. The van der Waals surface area contributed by atoms with Crippen LogP contribution in [0, 0.1) is 0 Å². The smallest absolute Gasteiger partial charge is 0.241 e. The molecule has 0 saturated heterocycles. The lowest BCUT2D eigenvalue weighted by Gasteiger charge is -2.26. The third-order valence-electron chi connectivity index (χ3n) is 3.47. The van der Waals surface area contributed by atoms with Crippen LogP contribution in [0.25, 0.3) is 0 Å². The molecular formula is C14H21BrN2O2S. The van der Waals surface area contributed by atoms with Gasteiger partial charge in [0.15, 0.2) is 0 Å². The van der Waals surface area contributed by atoms with E-state index in [1.165, 1.54) is 0 Å². The number of sulfonamides is 1. The number of halogens is 1. The number of benzene rings is 1. The molecule has 0 radical (unpaired) electrons. The highest BCUT2D eigenvalue weighted by molar-refractivity contribution is 9.10. The van der Waals surface area contributed by atoms with Crippen molar-refractivity contribution in [2.24, 2.45) is 0 Å². The van der Waals surface area contributed by atoms with Crippen LogP contribution in [0.4, 0.5) is 0 Å². The van der Waals surface area contributed by atoms with E-state index in [-0.39, 0.29) is 6.04 Å². The fourth-order valence-electron chi connectivity index (χ4n) is 2.09. The molecule has 1 fully saturated rings. The summed E-state index contributed by atoms with van der Waals surface area (Å²) >= 11 is 3.37. The minimum atomic E-state index is -3.41. The van der Waals surface area contributed by atoms with Crippen molar-refractivity contribution in [1.82, 2.24) is 10.0 Å². The van der Waals surface area contributed by atoms with E-state index in [1.807, 2.05) is 12.1 Å². The van der Waals surface area contributed by atoms with E-state index < -0.39 is 10.0 Å². The van der Waals surface area contributed by atoms with Crippen molar-refractivity contribution >= 4 is 26.0 Å². The molecule has 4 nitrogen and oxygen atoms in total. The second kappa shape index (κ2) is 7.02. The molecule has 1 saturated carbocycles. The minimum Gasteiger partial charge on any atom is -0.313 e. The topological polar surface area (TPSA) is 58.2 Å². The van der Waals surface area contributed by atoms with Gasteiger partial charge in [-0.2, -0.15) is 0 Å². The summed E-state index contributed by atoms with van der Waals surface area (Å²) in [7, 11) is -3.41. The molecule has 1 aliphatic rings. The van der Waals surface area contributed by atoms with E-state index in [2.05, 4.69) is 32.9 Å². The molecule has 20 heavy (non-hydrogen) atoms. The van der Waals surface area contributed by atoms with Gasteiger partial charge in [-0.3, -0.25) is 0 Å². The number of hydrogen-bond acceptors (Lipinski definition) is 3.